The van der Waals surface area contributed by atoms with E-state index in [1.54, 1.807) is 60.6 Å². The molecule has 0 saturated carbocycles. The van der Waals surface area contributed by atoms with Crippen molar-refractivity contribution in [2.24, 2.45) is 0 Å². The zero-order chi connectivity index (χ0) is 16.9. The van der Waals surface area contributed by atoms with Crippen molar-refractivity contribution in [3.63, 3.8) is 0 Å². The van der Waals surface area contributed by atoms with Crippen molar-refractivity contribution in [2.45, 2.75) is 6.61 Å². The van der Waals surface area contributed by atoms with Crippen LogP contribution >= 0.6 is 11.6 Å². The lowest BCUT2D eigenvalue weighted by molar-refractivity contribution is 0.102. The highest BCUT2D eigenvalue weighted by molar-refractivity contribution is 6.33. The van der Waals surface area contributed by atoms with Crippen molar-refractivity contribution in [3.8, 4) is 5.69 Å². The zero-order valence-electron chi connectivity index (χ0n) is 13.1. The van der Waals surface area contributed by atoms with Crippen LogP contribution in [0.1, 0.15) is 15.9 Å². The molecule has 0 bridgehead atoms. The molecule has 2 aromatic carbocycles. The average molecular weight is 342 g/mol. The summed E-state index contributed by atoms with van der Waals surface area (Å²) in [4.78, 5) is 12.6. The lowest BCUT2D eigenvalue weighted by Gasteiger charge is -2.13. The minimum Gasteiger partial charge on any atom is -0.380 e. The molecule has 0 atom stereocenters. The van der Waals surface area contributed by atoms with Gasteiger partial charge in [0.05, 0.1) is 17.3 Å². The second kappa shape index (κ2) is 7.29. The van der Waals surface area contributed by atoms with Gasteiger partial charge in [-0.25, -0.2) is 4.68 Å². The van der Waals surface area contributed by atoms with Gasteiger partial charge in [-0.1, -0.05) is 29.8 Å². The molecule has 3 aromatic rings. The number of nitrogens with one attached hydrogen (secondary N) is 1. The van der Waals surface area contributed by atoms with E-state index in [4.69, 9.17) is 16.3 Å². The van der Waals surface area contributed by atoms with Gasteiger partial charge < -0.3 is 10.1 Å². The summed E-state index contributed by atoms with van der Waals surface area (Å²) in [6, 6.07) is 14.4. The number of hydrogen-bond acceptors (Lipinski definition) is 3. The van der Waals surface area contributed by atoms with Crippen LogP contribution in [-0.4, -0.2) is 22.8 Å². The smallest absolute Gasteiger partial charge is 0.255 e. The highest BCUT2D eigenvalue weighted by atomic mass is 35.5. The third-order valence-corrected chi connectivity index (χ3v) is 3.77. The lowest BCUT2D eigenvalue weighted by atomic mass is 10.1. The van der Waals surface area contributed by atoms with Crippen LogP contribution in [0, 0.1) is 0 Å². The van der Waals surface area contributed by atoms with Crippen molar-refractivity contribution in [3.05, 3.63) is 77.1 Å². The van der Waals surface area contributed by atoms with Gasteiger partial charge in [0.2, 0.25) is 0 Å². The van der Waals surface area contributed by atoms with Gasteiger partial charge in [0.15, 0.2) is 0 Å². The summed E-state index contributed by atoms with van der Waals surface area (Å²) in [5, 5.41) is 7.60. The Morgan fingerprint density at radius 1 is 1.25 bits per heavy atom. The van der Waals surface area contributed by atoms with E-state index in [1.807, 2.05) is 12.1 Å². The topological polar surface area (TPSA) is 56.1 Å². The molecule has 1 aromatic heterocycles. The van der Waals surface area contributed by atoms with Crippen LogP contribution in [-0.2, 0) is 11.3 Å². The van der Waals surface area contributed by atoms with Crippen LogP contribution in [0.3, 0.4) is 0 Å². The van der Waals surface area contributed by atoms with Crippen LogP contribution in [0.5, 0.6) is 0 Å². The van der Waals surface area contributed by atoms with Gasteiger partial charge in [-0.15, -0.1) is 0 Å². The van der Waals surface area contributed by atoms with E-state index < -0.39 is 0 Å². The zero-order valence-corrected chi connectivity index (χ0v) is 13.8. The molecule has 122 valence electrons. The lowest BCUT2D eigenvalue weighted by Crippen LogP contribution is -2.14. The number of methoxy groups -OCH3 is 1. The van der Waals surface area contributed by atoms with Crippen LogP contribution < -0.4 is 5.32 Å². The fourth-order valence-corrected chi connectivity index (χ4v) is 2.67. The Hall–Kier alpha value is -2.63. The fourth-order valence-electron chi connectivity index (χ4n) is 2.41. The van der Waals surface area contributed by atoms with Gasteiger partial charge in [-0.3, -0.25) is 4.79 Å². The molecule has 5 nitrogen and oxygen atoms in total. The molecule has 1 N–H and O–H groups in total. The number of carbonyl (C=O) groups is 1. The summed E-state index contributed by atoms with van der Waals surface area (Å²) in [5.74, 6) is -0.219. The Bertz CT molecular complexity index is 847. The standard InChI is InChI=1S/C18H16ClN3O2/c1-24-12-13-5-2-6-14(11-13)18(23)21-16-8-3-7-15(19)17(16)22-10-4-9-20-22/h2-11H,12H2,1H3,(H,21,23). The second-order valence-electron chi connectivity index (χ2n) is 5.17. The number of ether oxygens (including phenoxy) is 1. The summed E-state index contributed by atoms with van der Waals surface area (Å²) in [6.45, 7) is 0.455. The van der Waals surface area contributed by atoms with E-state index in [1.165, 1.54) is 0 Å². The quantitative estimate of drug-likeness (QED) is 0.765. The van der Waals surface area contributed by atoms with Gasteiger partial charge in [0, 0.05) is 25.1 Å². The highest BCUT2D eigenvalue weighted by Gasteiger charge is 2.13. The highest BCUT2D eigenvalue weighted by Crippen LogP contribution is 2.28. The van der Waals surface area contributed by atoms with Crippen molar-refractivity contribution in [1.29, 1.82) is 0 Å². The van der Waals surface area contributed by atoms with Crippen LogP contribution in [0.25, 0.3) is 5.69 Å². The SMILES string of the molecule is COCc1cccc(C(=O)Nc2cccc(Cl)c2-n2cccn2)c1. The number of benzene rings is 2. The molecule has 0 unspecified atom stereocenters. The summed E-state index contributed by atoms with van der Waals surface area (Å²) in [7, 11) is 1.62. The van der Waals surface area contributed by atoms with E-state index in [0.29, 0.717) is 28.6 Å². The number of carbonyl (C=O) groups excluding carboxylic acids is 1. The molecule has 0 spiro atoms. The van der Waals surface area contributed by atoms with Crippen molar-refractivity contribution in [2.75, 3.05) is 12.4 Å². The number of aromatic nitrogens is 2. The molecule has 0 aliphatic heterocycles. The molecule has 24 heavy (non-hydrogen) atoms. The van der Waals surface area contributed by atoms with Gasteiger partial charge in [0.25, 0.3) is 5.91 Å². The first-order valence-corrected chi connectivity index (χ1v) is 7.74. The summed E-state index contributed by atoms with van der Waals surface area (Å²) < 4.78 is 6.73. The number of hydrogen-bond donors (Lipinski definition) is 1. The first-order chi connectivity index (χ1) is 11.7. The van der Waals surface area contributed by atoms with Crippen molar-refractivity contribution < 1.29 is 9.53 Å². The minimum absolute atomic E-state index is 0.219. The molecule has 0 fully saturated rings. The van der Waals surface area contributed by atoms with Crippen LogP contribution in [0.2, 0.25) is 5.02 Å². The molecule has 3 rings (SSSR count). The Kier molecular flexibility index (Phi) is 4.93. The molecule has 0 aliphatic carbocycles. The molecule has 0 radical (unpaired) electrons. The van der Waals surface area contributed by atoms with E-state index >= 15 is 0 Å². The molecule has 0 aliphatic rings. The van der Waals surface area contributed by atoms with Gasteiger partial charge >= 0.3 is 0 Å². The van der Waals surface area contributed by atoms with Gasteiger partial charge in [0.1, 0.15) is 5.69 Å². The maximum absolute atomic E-state index is 12.6. The molecule has 6 heteroatoms. The monoisotopic (exact) mass is 341 g/mol. The largest absolute Gasteiger partial charge is 0.380 e. The summed E-state index contributed by atoms with van der Waals surface area (Å²) >= 11 is 6.29. The Morgan fingerprint density at radius 2 is 2.08 bits per heavy atom. The predicted molar refractivity (Wildman–Crippen MR) is 93.7 cm³/mol. The Morgan fingerprint density at radius 3 is 2.83 bits per heavy atom. The number of para-hydroxylation sites is 1. The average Bonchev–Trinajstić information content (AvgIpc) is 3.09. The van der Waals surface area contributed by atoms with Crippen LogP contribution in [0.15, 0.2) is 60.9 Å². The number of amides is 1. The summed E-state index contributed by atoms with van der Waals surface area (Å²) in [6.07, 6.45) is 3.43. The third kappa shape index (κ3) is 3.48. The number of anilines is 1. The Labute approximate surface area is 144 Å². The number of halogens is 1. The van der Waals surface area contributed by atoms with E-state index in [0.717, 1.165) is 5.56 Å². The van der Waals surface area contributed by atoms with E-state index in [9.17, 15) is 4.79 Å². The third-order valence-electron chi connectivity index (χ3n) is 3.47. The first kappa shape index (κ1) is 16.2. The van der Waals surface area contributed by atoms with Crippen molar-refractivity contribution >= 4 is 23.2 Å². The minimum atomic E-state index is -0.219. The fraction of sp³-hybridized carbons (Fsp3) is 0.111. The maximum Gasteiger partial charge on any atom is 0.255 e. The van der Waals surface area contributed by atoms with E-state index in [2.05, 4.69) is 10.4 Å². The molecular formula is C18H16ClN3O2. The maximum atomic E-state index is 12.6. The number of nitrogens with zero attached hydrogens (tertiary/aromatic N) is 2. The predicted octanol–water partition coefficient (Wildman–Crippen LogP) is 3.92. The molecular weight excluding hydrogens is 326 g/mol. The van der Waals surface area contributed by atoms with Crippen molar-refractivity contribution in [1.82, 2.24) is 9.78 Å². The molecule has 1 heterocycles. The first-order valence-electron chi connectivity index (χ1n) is 7.37. The molecule has 0 saturated heterocycles. The van der Waals surface area contributed by atoms with Gasteiger partial charge in [-0.05, 0) is 35.9 Å². The second-order valence-corrected chi connectivity index (χ2v) is 5.58. The molecule has 1 amide bonds. The summed E-state index contributed by atoms with van der Waals surface area (Å²) in [5.41, 5.74) is 2.71. The number of rotatable bonds is 5. The van der Waals surface area contributed by atoms with E-state index in [-0.39, 0.29) is 5.91 Å². The van der Waals surface area contributed by atoms with Gasteiger partial charge in [-0.2, -0.15) is 5.10 Å². The Balaban J connectivity index is 1.90. The normalized spacial score (nSPS) is 10.6. The van der Waals surface area contributed by atoms with Crippen LogP contribution in [0.4, 0.5) is 5.69 Å².